The quantitative estimate of drug-likeness (QED) is 0.615. The highest BCUT2D eigenvalue weighted by Crippen LogP contribution is 2.37. The van der Waals surface area contributed by atoms with E-state index in [1.165, 1.54) is 11.2 Å². The molecule has 1 aliphatic heterocycles. The zero-order chi connectivity index (χ0) is 22.9. The number of carbonyl (C=O) groups excluding carboxylic acids is 2. The van der Waals surface area contributed by atoms with E-state index in [-0.39, 0.29) is 22.8 Å². The largest absolute Gasteiger partial charge is 0.326 e. The highest BCUT2D eigenvalue weighted by atomic mass is 32.2. The summed E-state index contributed by atoms with van der Waals surface area (Å²) in [6.45, 7) is 3.29. The molecule has 4 rings (SSSR count). The molecule has 3 aromatic rings. The molecule has 3 aromatic carbocycles. The van der Waals surface area contributed by atoms with Crippen molar-refractivity contribution in [1.29, 1.82) is 0 Å². The summed E-state index contributed by atoms with van der Waals surface area (Å²) >= 11 is 0. The van der Waals surface area contributed by atoms with Crippen LogP contribution in [0.2, 0.25) is 0 Å². The van der Waals surface area contributed by atoms with Crippen LogP contribution >= 0.6 is 0 Å². The van der Waals surface area contributed by atoms with Crippen LogP contribution in [-0.4, -0.2) is 26.3 Å². The third kappa shape index (κ3) is 4.22. The lowest BCUT2D eigenvalue weighted by Crippen LogP contribution is -2.35. The zero-order valence-corrected chi connectivity index (χ0v) is 18.5. The summed E-state index contributed by atoms with van der Waals surface area (Å²) in [6, 6.07) is 20.0. The van der Waals surface area contributed by atoms with Gasteiger partial charge in [-0.3, -0.25) is 13.9 Å². The minimum absolute atomic E-state index is 0.169. The van der Waals surface area contributed by atoms with Gasteiger partial charge < -0.3 is 10.6 Å². The highest BCUT2D eigenvalue weighted by Gasteiger charge is 2.36. The molecular formula is C24H23N3O4S. The topological polar surface area (TPSA) is 95.6 Å². The van der Waals surface area contributed by atoms with E-state index in [4.69, 9.17) is 0 Å². The van der Waals surface area contributed by atoms with Crippen molar-refractivity contribution >= 4 is 38.9 Å². The summed E-state index contributed by atoms with van der Waals surface area (Å²) in [7, 11) is -3.69. The van der Waals surface area contributed by atoms with Gasteiger partial charge in [0.05, 0.1) is 10.6 Å². The third-order valence-corrected chi connectivity index (χ3v) is 7.20. The number of amides is 2. The average molecular weight is 450 g/mol. The average Bonchev–Trinajstić information content (AvgIpc) is 3.11. The van der Waals surface area contributed by atoms with Crippen LogP contribution < -0.4 is 14.9 Å². The van der Waals surface area contributed by atoms with Gasteiger partial charge >= 0.3 is 0 Å². The Hall–Kier alpha value is -3.65. The van der Waals surface area contributed by atoms with Gasteiger partial charge in [0.1, 0.15) is 0 Å². The third-order valence-electron chi connectivity index (χ3n) is 5.26. The highest BCUT2D eigenvalue weighted by molar-refractivity contribution is 7.92. The normalized spacial score (nSPS) is 15.2. The molecule has 0 saturated heterocycles. The SMILES string of the molecule is CC(=O)Nc1ccc(NC(=O)c2ccc3c(c2)C[C@H](C)N3S(=O)(=O)c2ccccc2)cc1. The van der Waals surface area contributed by atoms with E-state index in [9.17, 15) is 18.0 Å². The zero-order valence-electron chi connectivity index (χ0n) is 17.7. The van der Waals surface area contributed by atoms with Crippen molar-refractivity contribution in [3.8, 4) is 0 Å². The molecule has 7 nitrogen and oxygen atoms in total. The van der Waals surface area contributed by atoms with Gasteiger partial charge in [0.25, 0.3) is 15.9 Å². The van der Waals surface area contributed by atoms with Gasteiger partial charge in [-0.15, -0.1) is 0 Å². The molecule has 2 N–H and O–H groups in total. The van der Waals surface area contributed by atoms with Crippen molar-refractivity contribution in [2.75, 3.05) is 14.9 Å². The number of nitrogens with one attached hydrogen (secondary N) is 2. The molecule has 8 heteroatoms. The first kappa shape index (κ1) is 21.6. The number of hydrogen-bond acceptors (Lipinski definition) is 4. The van der Waals surface area contributed by atoms with Crippen molar-refractivity contribution in [3.63, 3.8) is 0 Å². The molecule has 0 radical (unpaired) electrons. The summed E-state index contributed by atoms with van der Waals surface area (Å²) in [4.78, 5) is 24.1. The van der Waals surface area contributed by atoms with E-state index in [0.29, 0.717) is 29.0 Å². The monoisotopic (exact) mass is 449 g/mol. The molecule has 164 valence electrons. The van der Waals surface area contributed by atoms with E-state index in [1.807, 2.05) is 6.92 Å². The minimum Gasteiger partial charge on any atom is -0.326 e. The summed E-state index contributed by atoms with van der Waals surface area (Å²) in [5.74, 6) is -0.463. The van der Waals surface area contributed by atoms with Crippen LogP contribution in [0, 0.1) is 0 Å². The van der Waals surface area contributed by atoms with E-state index in [2.05, 4.69) is 10.6 Å². The van der Waals surface area contributed by atoms with Gasteiger partial charge in [0.15, 0.2) is 0 Å². The maximum atomic E-state index is 13.2. The van der Waals surface area contributed by atoms with E-state index in [0.717, 1.165) is 5.56 Å². The van der Waals surface area contributed by atoms with Crippen LogP contribution in [0.3, 0.4) is 0 Å². The number of rotatable bonds is 5. The molecule has 1 atom stereocenters. The maximum absolute atomic E-state index is 13.2. The molecule has 0 aromatic heterocycles. The molecule has 0 bridgehead atoms. The summed E-state index contributed by atoms with van der Waals surface area (Å²) in [6.07, 6.45) is 0.522. The fraction of sp³-hybridized carbons (Fsp3) is 0.167. The second kappa shape index (κ2) is 8.47. The summed E-state index contributed by atoms with van der Waals surface area (Å²) < 4.78 is 27.8. The Morgan fingerprint density at radius 2 is 1.53 bits per heavy atom. The lowest BCUT2D eigenvalue weighted by Gasteiger charge is -2.24. The van der Waals surface area contributed by atoms with E-state index in [1.54, 1.807) is 72.8 Å². The molecule has 1 heterocycles. The number of anilines is 3. The van der Waals surface area contributed by atoms with E-state index >= 15 is 0 Å². The first-order valence-corrected chi connectivity index (χ1v) is 11.6. The smallest absolute Gasteiger partial charge is 0.264 e. The molecule has 32 heavy (non-hydrogen) atoms. The van der Waals surface area contributed by atoms with Crippen molar-refractivity contribution in [3.05, 3.63) is 83.9 Å². The van der Waals surface area contributed by atoms with Gasteiger partial charge in [-0.25, -0.2) is 8.42 Å². The van der Waals surface area contributed by atoms with Gasteiger partial charge in [0, 0.05) is 29.9 Å². The molecule has 1 aliphatic rings. The Bertz CT molecular complexity index is 1270. The van der Waals surface area contributed by atoms with Gasteiger partial charge in [-0.1, -0.05) is 18.2 Å². The fourth-order valence-corrected chi connectivity index (χ4v) is 5.57. The summed E-state index contributed by atoms with van der Waals surface area (Å²) in [5.41, 5.74) is 3.08. The van der Waals surface area contributed by atoms with Gasteiger partial charge in [-0.05, 0) is 73.5 Å². The number of carbonyl (C=O) groups is 2. The van der Waals surface area contributed by atoms with Crippen LogP contribution in [0.4, 0.5) is 17.1 Å². The van der Waals surface area contributed by atoms with E-state index < -0.39 is 10.0 Å². The lowest BCUT2D eigenvalue weighted by molar-refractivity contribution is -0.114. The molecule has 2 amide bonds. The Morgan fingerprint density at radius 3 is 2.16 bits per heavy atom. The molecule has 0 saturated carbocycles. The Labute approximate surface area is 187 Å². The van der Waals surface area contributed by atoms with Crippen molar-refractivity contribution in [2.24, 2.45) is 0 Å². The van der Waals surface area contributed by atoms with Gasteiger partial charge in [-0.2, -0.15) is 0 Å². The molecule has 0 aliphatic carbocycles. The molecule has 0 spiro atoms. The first-order chi connectivity index (χ1) is 15.3. The number of nitrogens with zero attached hydrogens (tertiary/aromatic N) is 1. The maximum Gasteiger partial charge on any atom is 0.264 e. The molecular weight excluding hydrogens is 426 g/mol. The van der Waals surface area contributed by atoms with Crippen LogP contribution in [0.15, 0.2) is 77.7 Å². The molecule has 0 unspecified atom stereocenters. The number of fused-ring (bicyclic) bond motifs is 1. The van der Waals surface area contributed by atoms with Crippen molar-refractivity contribution < 1.29 is 18.0 Å². The van der Waals surface area contributed by atoms with Gasteiger partial charge in [0.2, 0.25) is 5.91 Å². The standard InChI is InChI=1S/C24H23N3O4S/c1-16-14-19-15-18(24(29)26-21-11-9-20(10-12-21)25-17(2)28)8-13-23(19)27(16)32(30,31)22-6-4-3-5-7-22/h3-13,15-16H,14H2,1-2H3,(H,25,28)(H,26,29)/t16-/m0/s1. The van der Waals surface area contributed by atoms with Crippen LogP contribution in [-0.2, 0) is 21.2 Å². The van der Waals surface area contributed by atoms with Crippen LogP contribution in [0.1, 0.15) is 29.8 Å². The van der Waals surface area contributed by atoms with Crippen LogP contribution in [0.5, 0.6) is 0 Å². The lowest BCUT2D eigenvalue weighted by atomic mass is 10.1. The Balaban J connectivity index is 1.55. The predicted molar refractivity (Wildman–Crippen MR) is 124 cm³/mol. The first-order valence-electron chi connectivity index (χ1n) is 10.2. The predicted octanol–water partition coefficient (Wildman–Crippen LogP) is 4.04. The fourth-order valence-electron chi connectivity index (χ4n) is 3.86. The Morgan fingerprint density at radius 1 is 0.906 bits per heavy atom. The van der Waals surface area contributed by atoms with Crippen molar-refractivity contribution in [1.82, 2.24) is 0 Å². The second-order valence-corrected chi connectivity index (χ2v) is 9.54. The number of benzene rings is 3. The number of hydrogen-bond donors (Lipinski definition) is 2. The van der Waals surface area contributed by atoms with Crippen LogP contribution in [0.25, 0.3) is 0 Å². The van der Waals surface area contributed by atoms with Crippen molar-refractivity contribution in [2.45, 2.75) is 31.2 Å². The minimum atomic E-state index is -3.69. The Kier molecular flexibility index (Phi) is 5.71. The molecule has 0 fully saturated rings. The second-order valence-electron chi connectivity index (χ2n) is 7.72. The number of sulfonamides is 1. The summed E-state index contributed by atoms with van der Waals surface area (Å²) in [5, 5.41) is 5.50.